The van der Waals surface area contributed by atoms with Crippen LogP contribution >= 0.6 is 22.6 Å². The van der Waals surface area contributed by atoms with Crippen LogP contribution in [0, 0.1) is 3.57 Å². The first-order valence-corrected chi connectivity index (χ1v) is 4.49. The van der Waals surface area contributed by atoms with Gasteiger partial charge in [-0.1, -0.05) is 12.1 Å². The lowest BCUT2D eigenvalue weighted by molar-refractivity contribution is -0.119. The Kier molecular flexibility index (Phi) is 3.05. The van der Waals surface area contributed by atoms with Crippen molar-refractivity contribution >= 4 is 28.5 Å². The first-order valence-electron chi connectivity index (χ1n) is 3.41. The molecule has 0 heterocycles. The number of benzene rings is 1. The molecule has 0 radical (unpaired) electrons. The highest BCUT2D eigenvalue weighted by Gasteiger charge is 2.11. The molecule has 0 unspecified atom stereocenters. The van der Waals surface area contributed by atoms with E-state index in [1.807, 2.05) is 18.2 Å². The fourth-order valence-corrected chi connectivity index (χ4v) is 1.43. The fourth-order valence-electron chi connectivity index (χ4n) is 0.864. The third-order valence-electron chi connectivity index (χ3n) is 1.51. The Hall–Kier alpha value is -0.620. The number of hydrogen-bond acceptors (Lipinski definition) is 2. The van der Waals surface area contributed by atoms with Gasteiger partial charge >= 0.3 is 0 Å². The second-order valence-electron chi connectivity index (χ2n) is 2.44. The van der Waals surface area contributed by atoms with Gasteiger partial charge in [-0.2, -0.15) is 0 Å². The average molecular weight is 276 g/mol. The number of hydrogen-bond donors (Lipinski definition) is 2. The van der Waals surface area contributed by atoms with Crippen LogP contribution in [-0.4, -0.2) is 5.91 Å². The van der Waals surface area contributed by atoms with Crippen LogP contribution in [0.1, 0.15) is 11.6 Å². The minimum atomic E-state index is -0.695. The van der Waals surface area contributed by atoms with Crippen molar-refractivity contribution in [2.45, 2.75) is 6.04 Å². The Morgan fingerprint density at radius 3 is 2.67 bits per heavy atom. The summed E-state index contributed by atoms with van der Waals surface area (Å²) in [5.74, 6) is -0.503. The van der Waals surface area contributed by atoms with Gasteiger partial charge in [0.2, 0.25) is 5.91 Å². The number of carbonyl (C=O) groups excluding carboxylic acids is 1. The largest absolute Gasteiger partial charge is 0.368 e. The Balaban J connectivity index is 2.95. The molecule has 0 saturated carbocycles. The van der Waals surface area contributed by atoms with Gasteiger partial charge in [-0.05, 0) is 40.3 Å². The van der Waals surface area contributed by atoms with Crippen molar-refractivity contribution in [1.29, 1.82) is 0 Å². The molecular formula is C8H9IN2O. The zero-order chi connectivity index (χ0) is 9.14. The summed E-state index contributed by atoms with van der Waals surface area (Å²) in [7, 11) is 0. The fraction of sp³-hybridized carbons (Fsp3) is 0.125. The van der Waals surface area contributed by atoms with E-state index < -0.39 is 11.9 Å². The van der Waals surface area contributed by atoms with Crippen LogP contribution < -0.4 is 11.5 Å². The van der Waals surface area contributed by atoms with Crippen molar-refractivity contribution in [2.24, 2.45) is 11.5 Å². The van der Waals surface area contributed by atoms with Crippen molar-refractivity contribution in [2.75, 3.05) is 0 Å². The maximum absolute atomic E-state index is 10.7. The molecule has 1 aromatic rings. The molecule has 0 bridgehead atoms. The molecule has 0 aliphatic rings. The quantitative estimate of drug-likeness (QED) is 0.783. The van der Waals surface area contributed by atoms with E-state index in [-0.39, 0.29) is 0 Å². The predicted molar refractivity (Wildman–Crippen MR) is 55.3 cm³/mol. The zero-order valence-corrected chi connectivity index (χ0v) is 8.49. The summed E-state index contributed by atoms with van der Waals surface area (Å²) in [6, 6.07) is 6.71. The molecule has 64 valence electrons. The highest BCUT2D eigenvalue weighted by molar-refractivity contribution is 14.1. The molecule has 0 aliphatic carbocycles. The van der Waals surface area contributed by atoms with E-state index in [2.05, 4.69) is 22.6 Å². The molecule has 0 aromatic heterocycles. The summed E-state index contributed by atoms with van der Waals surface area (Å²) >= 11 is 2.15. The third-order valence-corrected chi connectivity index (χ3v) is 2.19. The number of primary amides is 1. The van der Waals surface area contributed by atoms with Crippen molar-refractivity contribution < 1.29 is 4.79 Å². The number of carbonyl (C=O) groups is 1. The van der Waals surface area contributed by atoms with E-state index >= 15 is 0 Å². The molecule has 0 saturated heterocycles. The van der Waals surface area contributed by atoms with Crippen molar-refractivity contribution in [3.05, 3.63) is 33.4 Å². The van der Waals surface area contributed by atoms with Crippen LogP contribution in [0.4, 0.5) is 0 Å². The van der Waals surface area contributed by atoms with Crippen LogP contribution in [0.2, 0.25) is 0 Å². The number of halogens is 1. The Labute approximate surface area is 84.3 Å². The smallest absolute Gasteiger partial charge is 0.238 e. The second kappa shape index (κ2) is 3.86. The van der Waals surface area contributed by atoms with Gasteiger partial charge in [0, 0.05) is 3.57 Å². The summed E-state index contributed by atoms with van der Waals surface area (Å²) in [6.07, 6.45) is 0. The van der Waals surface area contributed by atoms with E-state index in [4.69, 9.17) is 11.5 Å². The van der Waals surface area contributed by atoms with Gasteiger partial charge in [0.1, 0.15) is 6.04 Å². The van der Waals surface area contributed by atoms with Gasteiger partial charge in [-0.15, -0.1) is 0 Å². The summed E-state index contributed by atoms with van der Waals surface area (Å²) in [4.78, 5) is 10.7. The molecule has 1 aromatic carbocycles. The Morgan fingerprint density at radius 2 is 2.17 bits per heavy atom. The topological polar surface area (TPSA) is 69.1 Å². The Morgan fingerprint density at radius 1 is 1.50 bits per heavy atom. The first kappa shape index (κ1) is 9.47. The van der Waals surface area contributed by atoms with Crippen LogP contribution in [-0.2, 0) is 4.79 Å². The van der Waals surface area contributed by atoms with Gasteiger partial charge in [0.15, 0.2) is 0 Å². The standard InChI is InChI=1S/C8H9IN2O/c9-6-3-1-2-5(4-6)7(10)8(11)12/h1-4,7H,10H2,(H2,11,12)/t7-/m0/s1. The molecule has 3 nitrogen and oxygen atoms in total. The lowest BCUT2D eigenvalue weighted by Gasteiger charge is -2.06. The molecule has 0 spiro atoms. The molecule has 1 rings (SSSR count). The summed E-state index contributed by atoms with van der Waals surface area (Å²) in [5, 5.41) is 0. The summed E-state index contributed by atoms with van der Waals surface area (Å²) < 4.78 is 1.04. The summed E-state index contributed by atoms with van der Waals surface area (Å²) in [6.45, 7) is 0. The molecule has 0 aliphatic heterocycles. The van der Waals surface area contributed by atoms with E-state index in [1.165, 1.54) is 0 Å². The van der Waals surface area contributed by atoms with Crippen LogP contribution in [0.3, 0.4) is 0 Å². The molecule has 4 heteroatoms. The van der Waals surface area contributed by atoms with Gasteiger partial charge in [0.05, 0.1) is 0 Å². The minimum absolute atomic E-state index is 0.503. The number of nitrogens with two attached hydrogens (primary N) is 2. The maximum Gasteiger partial charge on any atom is 0.238 e. The lowest BCUT2D eigenvalue weighted by atomic mass is 10.1. The van der Waals surface area contributed by atoms with Crippen molar-refractivity contribution in [3.63, 3.8) is 0 Å². The van der Waals surface area contributed by atoms with Crippen molar-refractivity contribution in [1.82, 2.24) is 0 Å². The first-order chi connectivity index (χ1) is 5.61. The highest BCUT2D eigenvalue weighted by Crippen LogP contribution is 2.13. The summed E-state index contributed by atoms with van der Waals surface area (Å²) in [5.41, 5.74) is 11.3. The average Bonchev–Trinajstić information content (AvgIpc) is 2.03. The number of amides is 1. The van der Waals surface area contributed by atoms with Crippen molar-refractivity contribution in [3.8, 4) is 0 Å². The molecule has 1 amide bonds. The van der Waals surface area contributed by atoms with Gasteiger partial charge in [-0.3, -0.25) is 4.79 Å². The Bertz CT molecular complexity index is 301. The molecule has 4 N–H and O–H groups in total. The van der Waals surface area contributed by atoms with Crippen LogP contribution in [0.25, 0.3) is 0 Å². The minimum Gasteiger partial charge on any atom is -0.368 e. The van der Waals surface area contributed by atoms with Gasteiger partial charge in [0.25, 0.3) is 0 Å². The van der Waals surface area contributed by atoms with Gasteiger partial charge in [-0.25, -0.2) is 0 Å². The maximum atomic E-state index is 10.7. The third kappa shape index (κ3) is 2.18. The predicted octanol–water partition coefficient (Wildman–Crippen LogP) is 0.776. The SMILES string of the molecule is NC(=O)[C@@H](N)c1cccc(I)c1. The van der Waals surface area contributed by atoms with Gasteiger partial charge < -0.3 is 11.5 Å². The highest BCUT2D eigenvalue weighted by atomic mass is 127. The molecule has 0 fully saturated rings. The second-order valence-corrected chi connectivity index (χ2v) is 3.68. The van der Waals surface area contributed by atoms with E-state index in [1.54, 1.807) is 6.07 Å². The van der Waals surface area contributed by atoms with Crippen LogP contribution in [0.15, 0.2) is 24.3 Å². The lowest BCUT2D eigenvalue weighted by Crippen LogP contribution is -2.28. The van der Waals surface area contributed by atoms with E-state index in [9.17, 15) is 4.79 Å². The molecule has 12 heavy (non-hydrogen) atoms. The zero-order valence-electron chi connectivity index (χ0n) is 6.33. The number of rotatable bonds is 2. The van der Waals surface area contributed by atoms with Crippen LogP contribution in [0.5, 0.6) is 0 Å². The van der Waals surface area contributed by atoms with E-state index in [0.717, 1.165) is 9.13 Å². The van der Waals surface area contributed by atoms with E-state index in [0.29, 0.717) is 0 Å². The molecule has 1 atom stereocenters. The molecular weight excluding hydrogens is 267 g/mol. The normalized spacial score (nSPS) is 12.5. The monoisotopic (exact) mass is 276 g/mol.